The van der Waals surface area contributed by atoms with E-state index in [4.69, 9.17) is 4.74 Å². The predicted octanol–water partition coefficient (Wildman–Crippen LogP) is 1.39. The number of carbonyl (C=O) groups excluding carboxylic acids is 1. The highest BCUT2D eigenvalue weighted by molar-refractivity contribution is 5.78. The Morgan fingerprint density at radius 2 is 1.92 bits per heavy atom. The minimum Gasteiger partial charge on any atom is -0.381 e. The summed E-state index contributed by atoms with van der Waals surface area (Å²) in [7, 11) is 1.75. The second-order valence-electron chi connectivity index (χ2n) is 7.19. The van der Waals surface area contributed by atoms with Crippen molar-refractivity contribution < 1.29 is 9.53 Å². The van der Waals surface area contributed by atoms with Crippen LogP contribution in [0.25, 0.3) is 0 Å². The van der Waals surface area contributed by atoms with E-state index in [0.29, 0.717) is 6.04 Å². The lowest BCUT2D eigenvalue weighted by atomic mass is 10.0. The minimum atomic E-state index is 0.0473. The standard InChI is InChI=1S/C20H31N3O2/c1-21-20(24)18-15-22(10-7-17-5-3-2-4-6-17)11-12-23(16-18)19-8-13-25-14-9-19/h2-6,18-19H,7-16H2,1H3,(H,21,24). The first-order chi connectivity index (χ1) is 12.3. The van der Waals surface area contributed by atoms with E-state index in [0.717, 1.165) is 65.2 Å². The van der Waals surface area contributed by atoms with Crippen LogP contribution in [0.4, 0.5) is 0 Å². The summed E-state index contributed by atoms with van der Waals surface area (Å²) in [4.78, 5) is 17.4. The average molecular weight is 345 g/mol. The molecule has 5 nitrogen and oxygen atoms in total. The lowest BCUT2D eigenvalue weighted by molar-refractivity contribution is -0.125. The highest BCUT2D eigenvalue weighted by Crippen LogP contribution is 2.19. The maximum Gasteiger partial charge on any atom is 0.225 e. The van der Waals surface area contributed by atoms with Crippen molar-refractivity contribution in [2.45, 2.75) is 25.3 Å². The molecule has 1 amide bonds. The number of benzene rings is 1. The van der Waals surface area contributed by atoms with Gasteiger partial charge in [-0.25, -0.2) is 0 Å². The largest absolute Gasteiger partial charge is 0.381 e. The van der Waals surface area contributed by atoms with Crippen molar-refractivity contribution in [2.24, 2.45) is 5.92 Å². The summed E-state index contributed by atoms with van der Waals surface area (Å²) in [6.07, 6.45) is 3.22. The molecule has 2 fully saturated rings. The van der Waals surface area contributed by atoms with Crippen LogP contribution in [0.5, 0.6) is 0 Å². The number of hydrogen-bond donors (Lipinski definition) is 1. The molecule has 3 rings (SSSR count). The van der Waals surface area contributed by atoms with Crippen LogP contribution in [0.3, 0.4) is 0 Å². The van der Waals surface area contributed by atoms with Crippen molar-refractivity contribution in [3.63, 3.8) is 0 Å². The molecule has 0 bridgehead atoms. The monoisotopic (exact) mass is 345 g/mol. The van der Waals surface area contributed by atoms with Gasteiger partial charge in [-0.1, -0.05) is 30.3 Å². The first kappa shape index (κ1) is 18.4. The molecule has 1 aromatic rings. The molecule has 2 saturated heterocycles. The topological polar surface area (TPSA) is 44.8 Å². The van der Waals surface area contributed by atoms with Crippen LogP contribution in [0.2, 0.25) is 0 Å². The summed E-state index contributed by atoms with van der Waals surface area (Å²) in [6.45, 7) is 6.52. The summed E-state index contributed by atoms with van der Waals surface area (Å²) < 4.78 is 5.51. The number of amides is 1. The second-order valence-corrected chi connectivity index (χ2v) is 7.19. The van der Waals surface area contributed by atoms with E-state index in [1.807, 2.05) is 0 Å². The Hall–Kier alpha value is -1.43. The van der Waals surface area contributed by atoms with Gasteiger partial charge in [0, 0.05) is 59.0 Å². The van der Waals surface area contributed by atoms with Gasteiger partial charge in [-0.15, -0.1) is 0 Å². The third kappa shape index (κ3) is 5.27. The van der Waals surface area contributed by atoms with E-state index in [2.05, 4.69) is 45.4 Å². The fraction of sp³-hybridized carbons (Fsp3) is 0.650. The van der Waals surface area contributed by atoms with Crippen LogP contribution >= 0.6 is 0 Å². The van der Waals surface area contributed by atoms with Gasteiger partial charge in [-0.05, 0) is 24.8 Å². The van der Waals surface area contributed by atoms with Gasteiger partial charge in [0.05, 0.1) is 5.92 Å². The molecule has 5 heteroatoms. The van der Waals surface area contributed by atoms with Gasteiger partial charge < -0.3 is 15.0 Å². The van der Waals surface area contributed by atoms with Gasteiger partial charge in [0.25, 0.3) is 0 Å². The van der Waals surface area contributed by atoms with Crippen molar-refractivity contribution in [3.8, 4) is 0 Å². The van der Waals surface area contributed by atoms with Crippen LogP contribution < -0.4 is 5.32 Å². The molecule has 25 heavy (non-hydrogen) atoms. The molecule has 1 N–H and O–H groups in total. The molecule has 1 aromatic carbocycles. The molecule has 0 spiro atoms. The van der Waals surface area contributed by atoms with Gasteiger partial charge in [0.1, 0.15) is 0 Å². The Kier molecular flexibility index (Phi) is 6.84. The average Bonchev–Trinajstić information content (AvgIpc) is 2.90. The smallest absolute Gasteiger partial charge is 0.225 e. The van der Waals surface area contributed by atoms with E-state index in [1.54, 1.807) is 7.05 Å². The lowest BCUT2D eigenvalue weighted by Crippen LogP contribution is -2.45. The van der Waals surface area contributed by atoms with Crippen LogP contribution in [0.1, 0.15) is 18.4 Å². The molecule has 1 atom stereocenters. The van der Waals surface area contributed by atoms with Crippen LogP contribution in [-0.2, 0) is 16.0 Å². The number of rotatable bonds is 5. The number of carbonyl (C=O) groups is 1. The molecule has 0 radical (unpaired) electrons. The van der Waals surface area contributed by atoms with Gasteiger partial charge in [-0.3, -0.25) is 9.69 Å². The van der Waals surface area contributed by atoms with Crippen molar-refractivity contribution in [3.05, 3.63) is 35.9 Å². The Bertz CT molecular complexity index is 531. The number of nitrogens with zero attached hydrogens (tertiary/aromatic N) is 2. The fourth-order valence-electron chi connectivity index (χ4n) is 3.99. The van der Waals surface area contributed by atoms with Crippen molar-refractivity contribution in [2.75, 3.05) is 53.0 Å². The van der Waals surface area contributed by atoms with E-state index in [-0.39, 0.29) is 11.8 Å². The van der Waals surface area contributed by atoms with E-state index >= 15 is 0 Å². The quantitative estimate of drug-likeness (QED) is 0.876. The molecule has 2 aliphatic heterocycles. The highest BCUT2D eigenvalue weighted by Gasteiger charge is 2.31. The second kappa shape index (κ2) is 9.32. The van der Waals surface area contributed by atoms with Crippen LogP contribution in [0, 0.1) is 5.92 Å². The predicted molar refractivity (Wildman–Crippen MR) is 99.6 cm³/mol. The van der Waals surface area contributed by atoms with Gasteiger partial charge in [0.2, 0.25) is 5.91 Å². The summed E-state index contributed by atoms with van der Waals surface area (Å²) in [5.41, 5.74) is 1.37. The Morgan fingerprint density at radius 1 is 1.16 bits per heavy atom. The molecule has 0 aromatic heterocycles. The zero-order chi connectivity index (χ0) is 17.5. The summed E-state index contributed by atoms with van der Waals surface area (Å²) in [5.74, 6) is 0.217. The summed E-state index contributed by atoms with van der Waals surface area (Å²) >= 11 is 0. The molecule has 1 unspecified atom stereocenters. The molecular formula is C20H31N3O2. The Labute approximate surface area is 151 Å². The third-order valence-corrected chi connectivity index (χ3v) is 5.52. The summed E-state index contributed by atoms with van der Waals surface area (Å²) in [6, 6.07) is 11.2. The fourth-order valence-corrected chi connectivity index (χ4v) is 3.99. The zero-order valence-corrected chi connectivity index (χ0v) is 15.3. The molecule has 0 aliphatic carbocycles. The van der Waals surface area contributed by atoms with Gasteiger partial charge >= 0.3 is 0 Å². The lowest BCUT2D eigenvalue weighted by Gasteiger charge is -2.34. The molecule has 0 saturated carbocycles. The molecule has 2 aliphatic rings. The van der Waals surface area contributed by atoms with E-state index in [1.165, 1.54) is 5.56 Å². The van der Waals surface area contributed by atoms with Crippen LogP contribution in [0.15, 0.2) is 30.3 Å². The maximum absolute atomic E-state index is 12.4. The van der Waals surface area contributed by atoms with Gasteiger partial charge in [-0.2, -0.15) is 0 Å². The van der Waals surface area contributed by atoms with E-state index < -0.39 is 0 Å². The number of ether oxygens (including phenoxy) is 1. The van der Waals surface area contributed by atoms with Crippen molar-refractivity contribution >= 4 is 5.91 Å². The summed E-state index contributed by atoms with van der Waals surface area (Å²) in [5, 5.41) is 2.86. The number of nitrogens with one attached hydrogen (secondary N) is 1. The van der Waals surface area contributed by atoms with Crippen LogP contribution in [-0.4, -0.2) is 74.7 Å². The SMILES string of the molecule is CNC(=O)C1CN(CCc2ccccc2)CCN(C2CCOCC2)C1. The maximum atomic E-state index is 12.4. The number of hydrogen-bond acceptors (Lipinski definition) is 4. The van der Waals surface area contributed by atoms with Crippen molar-refractivity contribution in [1.82, 2.24) is 15.1 Å². The molecule has 2 heterocycles. The van der Waals surface area contributed by atoms with Gasteiger partial charge in [0.15, 0.2) is 0 Å². The third-order valence-electron chi connectivity index (χ3n) is 5.52. The highest BCUT2D eigenvalue weighted by atomic mass is 16.5. The van der Waals surface area contributed by atoms with E-state index in [9.17, 15) is 4.79 Å². The van der Waals surface area contributed by atoms with Crippen molar-refractivity contribution in [1.29, 1.82) is 0 Å². The molecular weight excluding hydrogens is 314 g/mol. The minimum absolute atomic E-state index is 0.0473. The normalized spacial score (nSPS) is 24.0. The molecule has 138 valence electrons. The first-order valence-corrected chi connectivity index (χ1v) is 9.56. The Balaban J connectivity index is 1.61. The zero-order valence-electron chi connectivity index (χ0n) is 15.3. The first-order valence-electron chi connectivity index (χ1n) is 9.56. The Morgan fingerprint density at radius 3 is 2.64 bits per heavy atom.